The topological polar surface area (TPSA) is 82.7 Å². The van der Waals surface area contributed by atoms with Crippen molar-refractivity contribution in [3.8, 4) is 0 Å². The fraction of sp³-hybridized carbons (Fsp3) is 0.478. The summed E-state index contributed by atoms with van der Waals surface area (Å²) >= 11 is 0. The molecule has 2 aromatic rings. The predicted molar refractivity (Wildman–Crippen MR) is 120 cm³/mol. The van der Waals surface area contributed by atoms with Crippen LogP contribution >= 0.6 is 0 Å². The molecule has 0 saturated carbocycles. The third-order valence-corrected chi connectivity index (χ3v) is 7.18. The molecule has 0 amide bonds. The molecule has 1 unspecified atom stereocenters. The van der Waals surface area contributed by atoms with Gasteiger partial charge >= 0.3 is 5.95 Å². The molecule has 1 aliphatic carbocycles. The van der Waals surface area contributed by atoms with E-state index in [0.29, 0.717) is 16.7 Å². The van der Waals surface area contributed by atoms with E-state index in [1.165, 1.54) is 5.69 Å². The SMILES string of the molecule is COC1=CC(OC)=C(CN)C(OC)(c2nc3nc4cccc(c24)[N+]32CCN(C)CC2)C1. The molecule has 1 aromatic carbocycles. The molecule has 1 saturated heterocycles. The van der Waals surface area contributed by atoms with Crippen molar-refractivity contribution in [2.24, 2.45) is 5.73 Å². The Morgan fingerprint density at radius 1 is 1.13 bits per heavy atom. The van der Waals surface area contributed by atoms with Gasteiger partial charge in [-0.05, 0) is 13.1 Å². The molecule has 31 heavy (non-hydrogen) atoms. The molecule has 4 aliphatic rings. The fourth-order valence-electron chi connectivity index (χ4n) is 5.38. The highest BCUT2D eigenvalue weighted by atomic mass is 16.5. The Hall–Kier alpha value is -2.52. The monoisotopic (exact) mass is 424 g/mol. The second-order valence-corrected chi connectivity index (χ2v) is 8.54. The van der Waals surface area contributed by atoms with E-state index in [9.17, 15) is 0 Å². The van der Waals surface area contributed by atoms with Gasteiger partial charge in [0.2, 0.25) is 0 Å². The van der Waals surface area contributed by atoms with Gasteiger partial charge in [-0.25, -0.2) is 4.48 Å². The maximum atomic E-state index is 6.27. The number of likely N-dealkylation sites (N-methyl/N-ethyl adjacent to an activating group) is 1. The van der Waals surface area contributed by atoms with Gasteiger partial charge in [-0.1, -0.05) is 6.07 Å². The summed E-state index contributed by atoms with van der Waals surface area (Å²) in [6.07, 6.45) is 2.40. The molecule has 8 nitrogen and oxygen atoms in total. The van der Waals surface area contributed by atoms with Crippen LogP contribution in [0.5, 0.6) is 0 Å². The van der Waals surface area contributed by atoms with E-state index >= 15 is 0 Å². The van der Waals surface area contributed by atoms with E-state index < -0.39 is 5.60 Å². The van der Waals surface area contributed by atoms with Crippen molar-refractivity contribution in [2.45, 2.75) is 12.0 Å². The zero-order valence-electron chi connectivity index (χ0n) is 18.6. The molecule has 6 rings (SSSR count). The zero-order chi connectivity index (χ0) is 21.8. The van der Waals surface area contributed by atoms with Crippen molar-refractivity contribution in [1.29, 1.82) is 0 Å². The molecule has 4 bridgehead atoms. The maximum absolute atomic E-state index is 6.27. The number of fused-ring (bicyclic) bond motifs is 1. The van der Waals surface area contributed by atoms with Crippen LogP contribution in [0.1, 0.15) is 12.1 Å². The third-order valence-electron chi connectivity index (χ3n) is 7.18. The maximum Gasteiger partial charge on any atom is 0.335 e. The first-order chi connectivity index (χ1) is 15.0. The fourth-order valence-corrected chi connectivity index (χ4v) is 5.38. The second-order valence-electron chi connectivity index (χ2n) is 8.54. The number of allylic oxidation sites excluding steroid dienone is 1. The van der Waals surface area contributed by atoms with Crippen LogP contribution in [0.2, 0.25) is 0 Å². The molecule has 164 valence electrons. The molecule has 4 heterocycles. The first-order valence-electron chi connectivity index (χ1n) is 10.7. The number of nitrogens with two attached hydrogens (primary N) is 1. The molecule has 1 atom stereocenters. The number of hydrogen-bond acceptors (Lipinski definition) is 7. The van der Waals surface area contributed by atoms with Crippen molar-refractivity contribution in [3.63, 3.8) is 0 Å². The Balaban J connectivity index is 1.77. The molecule has 1 spiro atoms. The van der Waals surface area contributed by atoms with Crippen molar-refractivity contribution in [2.75, 3.05) is 61.1 Å². The van der Waals surface area contributed by atoms with Crippen LogP contribution in [0.4, 0.5) is 11.6 Å². The Bertz CT molecular complexity index is 1100. The number of aromatic nitrogens is 2. The quantitative estimate of drug-likeness (QED) is 0.737. The number of nitrogens with zero attached hydrogens (tertiary/aromatic N) is 4. The van der Waals surface area contributed by atoms with Gasteiger partial charge in [-0.2, -0.15) is 9.97 Å². The molecule has 2 N–H and O–H groups in total. The van der Waals surface area contributed by atoms with Crippen LogP contribution in [-0.4, -0.2) is 76.0 Å². The first kappa shape index (κ1) is 20.4. The summed E-state index contributed by atoms with van der Waals surface area (Å²) in [6.45, 7) is 4.20. The molecule has 0 radical (unpaired) electrons. The summed E-state index contributed by atoms with van der Waals surface area (Å²) < 4.78 is 18.3. The van der Waals surface area contributed by atoms with E-state index in [1.807, 2.05) is 6.08 Å². The lowest BCUT2D eigenvalue weighted by Gasteiger charge is -2.46. The van der Waals surface area contributed by atoms with Gasteiger partial charge in [0.15, 0.2) is 5.69 Å². The number of piperazine rings is 1. The largest absolute Gasteiger partial charge is 0.501 e. The average molecular weight is 425 g/mol. The van der Waals surface area contributed by atoms with Crippen molar-refractivity contribution in [1.82, 2.24) is 19.4 Å². The van der Waals surface area contributed by atoms with Gasteiger partial charge in [0.05, 0.1) is 25.1 Å². The van der Waals surface area contributed by atoms with E-state index in [2.05, 4.69) is 30.1 Å². The van der Waals surface area contributed by atoms with E-state index in [0.717, 1.165) is 60.1 Å². The zero-order valence-corrected chi connectivity index (χ0v) is 18.6. The van der Waals surface area contributed by atoms with Crippen LogP contribution in [0.3, 0.4) is 0 Å². The standard InChI is InChI=1S/C23H30N5O3/c1-27-8-10-28(11-9-27)18-7-5-6-17-20(18)21(26-22(28)25-17)23(31-4)13-15(29-2)12-19(30-3)16(23)14-24/h5-7,12H,8-11,13-14,24H2,1-4H3/q+1. The number of quaternary nitrogens is 1. The van der Waals surface area contributed by atoms with E-state index in [-0.39, 0.29) is 6.54 Å². The molecule has 1 fully saturated rings. The molecule has 3 aliphatic heterocycles. The summed E-state index contributed by atoms with van der Waals surface area (Å²) in [7, 11) is 7.18. The van der Waals surface area contributed by atoms with Crippen molar-refractivity contribution in [3.05, 3.63) is 47.1 Å². The molecule has 1 aromatic heterocycles. The van der Waals surface area contributed by atoms with Crippen LogP contribution in [0, 0.1) is 0 Å². The van der Waals surface area contributed by atoms with Gasteiger partial charge in [-0.15, -0.1) is 0 Å². The van der Waals surface area contributed by atoms with E-state index in [1.54, 1.807) is 21.3 Å². The summed E-state index contributed by atoms with van der Waals surface area (Å²) in [5.74, 6) is 2.28. The number of hydrogen-bond donors (Lipinski definition) is 1. The lowest BCUT2D eigenvalue weighted by atomic mass is 9.79. The highest BCUT2D eigenvalue weighted by Gasteiger charge is 2.52. The lowest BCUT2D eigenvalue weighted by molar-refractivity contribution is -0.00319. The average Bonchev–Trinajstić information content (AvgIpc) is 2.82. The van der Waals surface area contributed by atoms with E-state index in [4.69, 9.17) is 29.9 Å². The molecular formula is C23H30N5O3+. The Labute approximate surface area is 182 Å². The molecular weight excluding hydrogens is 394 g/mol. The number of ether oxygens (including phenoxy) is 3. The van der Waals surface area contributed by atoms with Gasteiger partial charge < -0.3 is 19.9 Å². The summed E-state index contributed by atoms with van der Waals surface area (Å²) in [6, 6.07) is 6.37. The molecule has 8 heteroatoms. The van der Waals surface area contributed by atoms with Crippen LogP contribution in [-0.2, 0) is 19.8 Å². The van der Waals surface area contributed by atoms with Crippen molar-refractivity contribution >= 4 is 22.5 Å². The predicted octanol–water partition coefficient (Wildman–Crippen LogP) is 2.16. The minimum absolute atomic E-state index is 0.290. The van der Waals surface area contributed by atoms with Gasteiger partial charge in [0, 0.05) is 50.9 Å². The first-order valence-corrected chi connectivity index (χ1v) is 10.7. The summed E-state index contributed by atoms with van der Waals surface area (Å²) in [5.41, 5.74) is 9.30. The number of methoxy groups -OCH3 is 3. The number of benzene rings is 1. The minimum Gasteiger partial charge on any atom is -0.501 e. The van der Waals surface area contributed by atoms with Crippen LogP contribution in [0.15, 0.2) is 41.4 Å². The smallest absolute Gasteiger partial charge is 0.335 e. The normalized spacial score (nSPS) is 24.9. The summed E-state index contributed by atoms with van der Waals surface area (Å²) in [5, 5.41) is 1.06. The van der Waals surface area contributed by atoms with Gasteiger partial charge in [0.25, 0.3) is 0 Å². The van der Waals surface area contributed by atoms with Gasteiger partial charge in [0.1, 0.15) is 35.9 Å². The highest BCUT2D eigenvalue weighted by molar-refractivity contribution is 5.98. The lowest BCUT2D eigenvalue weighted by Crippen LogP contribution is -2.59. The van der Waals surface area contributed by atoms with Gasteiger partial charge in [-0.3, -0.25) is 4.90 Å². The van der Waals surface area contributed by atoms with Crippen LogP contribution < -0.4 is 10.2 Å². The minimum atomic E-state index is -0.872. The highest BCUT2D eigenvalue weighted by Crippen LogP contribution is 2.52. The van der Waals surface area contributed by atoms with Crippen molar-refractivity contribution < 1.29 is 14.2 Å². The second kappa shape index (κ2) is 7.27. The Morgan fingerprint density at radius 2 is 1.90 bits per heavy atom. The third kappa shape index (κ3) is 2.69. The Kier molecular flexibility index (Phi) is 4.78. The summed E-state index contributed by atoms with van der Waals surface area (Å²) in [4.78, 5) is 12.5. The van der Waals surface area contributed by atoms with Crippen LogP contribution in [0.25, 0.3) is 10.9 Å². The Morgan fingerprint density at radius 3 is 2.55 bits per heavy atom. The number of rotatable bonds is 5.